The number of H-pyrrole nitrogens is 1. The Bertz CT molecular complexity index is 424. The predicted octanol–water partition coefficient (Wildman–Crippen LogP) is -2.04. The highest BCUT2D eigenvalue weighted by Gasteiger charge is 2.06. The molecule has 1 aromatic heterocycles. The molecule has 0 radical (unpaired) electrons. The van der Waals surface area contributed by atoms with E-state index in [4.69, 9.17) is 11.5 Å². The fourth-order valence-electron chi connectivity index (χ4n) is 0.946. The number of rotatable bonds is 3. The first-order valence-corrected chi connectivity index (χ1v) is 3.99. The van der Waals surface area contributed by atoms with Crippen molar-refractivity contribution in [1.82, 2.24) is 9.55 Å². The number of nitrogens with zero attached hydrogens (tertiary/aromatic N) is 1. The molecule has 0 fully saturated rings. The van der Waals surface area contributed by atoms with Gasteiger partial charge >= 0.3 is 5.69 Å². The van der Waals surface area contributed by atoms with Gasteiger partial charge in [0.25, 0.3) is 5.56 Å². The van der Waals surface area contributed by atoms with Crippen molar-refractivity contribution in [1.29, 1.82) is 0 Å². The van der Waals surface area contributed by atoms with Crippen LogP contribution in [0, 0.1) is 5.82 Å². The molecule has 0 bridgehead atoms. The summed E-state index contributed by atoms with van der Waals surface area (Å²) >= 11 is 0. The molecule has 0 aliphatic carbocycles. The van der Waals surface area contributed by atoms with Gasteiger partial charge in [-0.2, -0.15) is 4.39 Å². The van der Waals surface area contributed by atoms with E-state index in [1.807, 2.05) is 4.98 Å². The van der Waals surface area contributed by atoms with E-state index >= 15 is 0 Å². The molecule has 0 unspecified atom stereocenters. The Balaban J connectivity index is 3.04. The number of nitrogens with two attached hydrogens (primary N) is 2. The Hall–Kier alpha value is -1.47. The zero-order chi connectivity index (χ0) is 10.7. The van der Waals surface area contributed by atoms with E-state index in [1.165, 1.54) is 0 Å². The molecule has 1 atom stereocenters. The second-order valence-corrected chi connectivity index (χ2v) is 2.88. The van der Waals surface area contributed by atoms with Gasteiger partial charge in [-0.25, -0.2) is 4.79 Å². The van der Waals surface area contributed by atoms with Crippen LogP contribution in [-0.2, 0) is 6.54 Å². The van der Waals surface area contributed by atoms with Crippen molar-refractivity contribution in [2.75, 3.05) is 6.54 Å². The maximum absolute atomic E-state index is 12.7. The van der Waals surface area contributed by atoms with Crippen LogP contribution in [0.25, 0.3) is 0 Å². The molecule has 7 heteroatoms. The summed E-state index contributed by atoms with van der Waals surface area (Å²) in [5.41, 5.74) is 8.97. The number of aromatic nitrogens is 2. The molecule has 5 N–H and O–H groups in total. The Morgan fingerprint density at radius 3 is 2.79 bits per heavy atom. The van der Waals surface area contributed by atoms with E-state index < -0.39 is 23.1 Å². The second-order valence-electron chi connectivity index (χ2n) is 2.88. The first kappa shape index (κ1) is 10.6. The smallest absolute Gasteiger partial charge is 0.328 e. The van der Waals surface area contributed by atoms with Crippen molar-refractivity contribution in [3.63, 3.8) is 0 Å². The lowest BCUT2D eigenvalue weighted by Gasteiger charge is -2.09. The highest BCUT2D eigenvalue weighted by atomic mass is 19.1. The summed E-state index contributed by atoms with van der Waals surface area (Å²) in [6.45, 7) is 0.246. The molecule has 0 aliphatic heterocycles. The van der Waals surface area contributed by atoms with Crippen LogP contribution in [0.4, 0.5) is 4.39 Å². The topological polar surface area (TPSA) is 107 Å². The molecule has 0 amide bonds. The van der Waals surface area contributed by atoms with Crippen molar-refractivity contribution in [2.24, 2.45) is 11.5 Å². The first-order chi connectivity index (χ1) is 6.54. The van der Waals surface area contributed by atoms with E-state index in [-0.39, 0.29) is 13.1 Å². The van der Waals surface area contributed by atoms with Crippen LogP contribution in [-0.4, -0.2) is 22.1 Å². The third-order valence-electron chi connectivity index (χ3n) is 1.70. The average molecular weight is 202 g/mol. The van der Waals surface area contributed by atoms with Crippen molar-refractivity contribution >= 4 is 0 Å². The lowest BCUT2D eigenvalue weighted by Crippen LogP contribution is -2.40. The van der Waals surface area contributed by atoms with Gasteiger partial charge in [-0.3, -0.25) is 14.3 Å². The summed E-state index contributed by atoms with van der Waals surface area (Å²) in [6, 6.07) is -0.446. The number of halogens is 1. The number of hydrogen-bond acceptors (Lipinski definition) is 4. The fourth-order valence-corrected chi connectivity index (χ4v) is 0.946. The molecule has 0 aromatic carbocycles. The maximum atomic E-state index is 12.7. The summed E-state index contributed by atoms with van der Waals surface area (Å²) in [5, 5.41) is 0. The Morgan fingerprint density at radius 1 is 1.57 bits per heavy atom. The van der Waals surface area contributed by atoms with Gasteiger partial charge in [0.1, 0.15) is 0 Å². The van der Waals surface area contributed by atoms with Crippen LogP contribution < -0.4 is 22.7 Å². The summed E-state index contributed by atoms with van der Waals surface area (Å²) in [5.74, 6) is -1.02. The molecule has 0 saturated carbocycles. The van der Waals surface area contributed by atoms with Crippen LogP contribution in [0.2, 0.25) is 0 Å². The van der Waals surface area contributed by atoms with Crippen molar-refractivity contribution in [3.05, 3.63) is 32.9 Å². The highest BCUT2D eigenvalue weighted by molar-refractivity contribution is 4.87. The van der Waals surface area contributed by atoms with Crippen molar-refractivity contribution < 1.29 is 4.39 Å². The molecule has 6 nitrogen and oxygen atoms in total. The molecule has 78 valence electrons. The number of aromatic amines is 1. The van der Waals surface area contributed by atoms with E-state index in [0.717, 1.165) is 10.8 Å². The Kier molecular flexibility index (Phi) is 3.15. The molecule has 1 heterocycles. The summed E-state index contributed by atoms with van der Waals surface area (Å²) in [4.78, 5) is 23.6. The molecule has 1 rings (SSSR count). The molecule has 0 saturated heterocycles. The minimum atomic E-state index is -1.03. The van der Waals surface area contributed by atoms with Gasteiger partial charge in [0, 0.05) is 19.1 Å². The van der Waals surface area contributed by atoms with Crippen molar-refractivity contribution in [3.8, 4) is 0 Å². The Morgan fingerprint density at radius 2 is 2.21 bits per heavy atom. The third-order valence-corrected chi connectivity index (χ3v) is 1.70. The van der Waals surface area contributed by atoms with Gasteiger partial charge in [0.15, 0.2) is 0 Å². The molecule has 0 aliphatic rings. The molecule has 14 heavy (non-hydrogen) atoms. The van der Waals surface area contributed by atoms with E-state index in [0.29, 0.717) is 0 Å². The van der Waals surface area contributed by atoms with Gasteiger partial charge < -0.3 is 11.5 Å². The third kappa shape index (κ3) is 2.27. The lowest BCUT2D eigenvalue weighted by atomic mass is 10.3. The van der Waals surface area contributed by atoms with Crippen LogP contribution in [0.3, 0.4) is 0 Å². The minimum absolute atomic E-state index is 0.0725. The zero-order valence-electron chi connectivity index (χ0n) is 7.37. The summed E-state index contributed by atoms with van der Waals surface area (Å²) in [6.07, 6.45) is 0.816. The quantitative estimate of drug-likeness (QED) is 0.525. The van der Waals surface area contributed by atoms with Crippen molar-refractivity contribution in [2.45, 2.75) is 12.6 Å². The van der Waals surface area contributed by atoms with E-state index in [1.54, 1.807) is 0 Å². The molecular formula is C7H11FN4O2. The Labute approximate surface area is 78.3 Å². The van der Waals surface area contributed by atoms with Gasteiger partial charge in [0.05, 0.1) is 6.20 Å². The maximum Gasteiger partial charge on any atom is 0.328 e. The SMILES string of the molecule is NC[C@H](N)Cn1cc(F)c(=O)[nH]c1=O. The number of nitrogens with one attached hydrogen (secondary N) is 1. The standard InChI is InChI=1S/C7H11FN4O2/c8-5-3-12(2-4(10)1-9)7(14)11-6(5)13/h3-4H,1-2,9-10H2,(H,11,13,14)/t4-/m0/s1. The monoisotopic (exact) mass is 202 g/mol. The first-order valence-electron chi connectivity index (χ1n) is 3.99. The normalized spacial score (nSPS) is 12.8. The summed E-state index contributed by atoms with van der Waals surface area (Å²) in [7, 11) is 0. The highest BCUT2D eigenvalue weighted by Crippen LogP contribution is 1.86. The largest absolute Gasteiger partial charge is 0.329 e. The van der Waals surface area contributed by atoms with Crippen LogP contribution in [0.1, 0.15) is 0 Å². The summed E-state index contributed by atoms with van der Waals surface area (Å²) < 4.78 is 13.7. The zero-order valence-corrected chi connectivity index (χ0v) is 7.37. The number of hydrogen-bond donors (Lipinski definition) is 3. The van der Waals surface area contributed by atoms with Crippen LogP contribution >= 0.6 is 0 Å². The van der Waals surface area contributed by atoms with E-state index in [9.17, 15) is 14.0 Å². The van der Waals surface area contributed by atoms with Gasteiger partial charge in [-0.1, -0.05) is 0 Å². The average Bonchev–Trinajstić information content (AvgIpc) is 2.14. The van der Waals surface area contributed by atoms with Crippen LogP contribution in [0.5, 0.6) is 0 Å². The molecule has 0 spiro atoms. The van der Waals surface area contributed by atoms with E-state index in [2.05, 4.69) is 0 Å². The molecular weight excluding hydrogens is 191 g/mol. The molecule has 1 aromatic rings. The van der Waals surface area contributed by atoms with Gasteiger partial charge in [-0.05, 0) is 0 Å². The van der Waals surface area contributed by atoms with Gasteiger partial charge in [-0.15, -0.1) is 0 Å². The predicted molar refractivity (Wildman–Crippen MR) is 48.3 cm³/mol. The fraction of sp³-hybridized carbons (Fsp3) is 0.429. The minimum Gasteiger partial charge on any atom is -0.329 e. The second kappa shape index (κ2) is 4.16. The lowest BCUT2D eigenvalue weighted by molar-refractivity contribution is 0.505. The van der Waals surface area contributed by atoms with Gasteiger partial charge in [0.2, 0.25) is 5.82 Å². The van der Waals surface area contributed by atoms with Crippen LogP contribution in [0.15, 0.2) is 15.8 Å².